The molecule has 0 aliphatic carbocycles. The molecule has 0 spiro atoms. The van der Waals surface area contributed by atoms with Crippen molar-refractivity contribution in [3.63, 3.8) is 0 Å². The number of rotatable bonds is 1. The van der Waals surface area contributed by atoms with Crippen LogP contribution in [-0.2, 0) is 4.74 Å². The van der Waals surface area contributed by atoms with E-state index in [-0.39, 0.29) is 11.3 Å². The summed E-state index contributed by atoms with van der Waals surface area (Å²) in [4.78, 5) is 11.9. The minimum absolute atomic E-state index is 0.0528. The van der Waals surface area contributed by atoms with Crippen molar-refractivity contribution in [3.8, 4) is 5.75 Å². The van der Waals surface area contributed by atoms with E-state index in [1.807, 2.05) is 24.3 Å². The van der Waals surface area contributed by atoms with Crippen LogP contribution in [0.2, 0.25) is 0 Å². The average Bonchev–Trinajstić information content (AvgIpc) is 2.25. The third-order valence-electron chi connectivity index (χ3n) is 2.48. The molecule has 94 valence electrons. The van der Waals surface area contributed by atoms with Gasteiger partial charge in [0.05, 0.1) is 0 Å². The maximum absolute atomic E-state index is 11.9. The van der Waals surface area contributed by atoms with Crippen LogP contribution in [0.5, 0.6) is 5.75 Å². The van der Waals surface area contributed by atoms with Crippen molar-refractivity contribution >= 4 is 16.7 Å². The Labute approximate surface area is 106 Å². The van der Waals surface area contributed by atoms with E-state index in [4.69, 9.17) is 4.74 Å². The van der Waals surface area contributed by atoms with Gasteiger partial charge in [-0.25, -0.2) is 4.79 Å². The molecule has 0 radical (unpaired) electrons. The number of hydrogen-bond donors (Lipinski definition) is 1. The number of aromatic hydroxyl groups is 1. The molecule has 0 fully saturated rings. The highest BCUT2D eigenvalue weighted by molar-refractivity contribution is 5.98. The summed E-state index contributed by atoms with van der Waals surface area (Å²) in [5.41, 5.74) is -0.376. The van der Waals surface area contributed by atoms with Gasteiger partial charge >= 0.3 is 5.97 Å². The maximum Gasteiger partial charge on any atom is 0.342 e. The van der Waals surface area contributed by atoms with Crippen molar-refractivity contribution < 1.29 is 14.6 Å². The van der Waals surface area contributed by atoms with Gasteiger partial charge in [-0.1, -0.05) is 24.3 Å². The summed E-state index contributed by atoms with van der Waals surface area (Å²) in [6, 6.07) is 10.8. The largest absolute Gasteiger partial charge is 0.507 e. The number of carbonyl (C=O) groups is 1. The van der Waals surface area contributed by atoms with Crippen molar-refractivity contribution in [2.45, 2.75) is 26.4 Å². The predicted molar refractivity (Wildman–Crippen MR) is 70.8 cm³/mol. The number of ether oxygens (including phenoxy) is 1. The molecule has 0 atom stereocenters. The van der Waals surface area contributed by atoms with E-state index in [9.17, 15) is 9.90 Å². The molecule has 0 aliphatic rings. The first-order chi connectivity index (χ1) is 8.37. The highest BCUT2D eigenvalue weighted by Crippen LogP contribution is 2.26. The normalized spacial score (nSPS) is 11.5. The molecule has 0 bridgehead atoms. The van der Waals surface area contributed by atoms with Gasteiger partial charge in [0.15, 0.2) is 0 Å². The standard InChI is InChI=1S/C15H16O3/c1-15(2,3)18-14(17)12-8-10-6-4-5-7-11(10)9-13(12)16/h4-9,16H,1-3H3. The van der Waals surface area contributed by atoms with Crippen LogP contribution in [-0.4, -0.2) is 16.7 Å². The Morgan fingerprint density at radius 3 is 2.22 bits per heavy atom. The lowest BCUT2D eigenvalue weighted by molar-refractivity contribution is 0.00670. The Hall–Kier alpha value is -2.03. The van der Waals surface area contributed by atoms with Crippen LogP contribution >= 0.6 is 0 Å². The molecule has 0 unspecified atom stereocenters. The Balaban J connectivity index is 2.45. The highest BCUT2D eigenvalue weighted by atomic mass is 16.6. The monoisotopic (exact) mass is 244 g/mol. The molecule has 18 heavy (non-hydrogen) atoms. The fourth-order valence-corrected chi connectivity index (χ4v) is 1.72. The molecule has 0 heterocycles. The summed E-state index contributed by atoms with van der Waals surface area (Å²) in [5, 5.41) is 11.7. The van der Waals surface area contributed by atoms with E-state index in [0.29, 0.717) is 0 Å². The SMILES string of the molecule is CC(C)(C)OC(=O)c1cc2ccccc2cc1O. The lowest BCUT2D eigenvalue weighted by atomic mass is 10.1. The van der Waals surface area contributed by atoms with Crippen LogP contribution < -0.4 is 0 Å². The van der Waals surface area contributed by atoms with Crippen molar-refractivity contribution in [2.24, 2.45) is 0 Å². The van der Waals surface area contributed by atoms with Gasteiger partial charge in [0.2, 0.25) is 0 Å². The van der Waals surface area contributed by atoms with Crippen molar-refractivity contribution in [1.82, 2.24) is 0 Å². The molecule has 1 N–H and O–H groups in total. The molecule has 3 heteroatoms. The molecular formula is C15H16O3. The second kappa shape index (κ2) is 4.33. The molecule has 0 saturated heterocycles. The van der Waals surface area contributed by atoms with Crippen molar-refractivity contribution in [3.05, 3.63) is 42.0 Å². The van der Waals surface area contributed by atoms with Crippen molar-refractivity contribution in [2.75, 3.05) is 0 Å². The zero-order valence-corrected chi connectivity index (χ0v) is 10.7. The second-order valence-electron chi connectivity index (χ2n) is 5.22. The topological polar surface area (TPSA) is 46.5 Å². The summed E-state index contributed by atoms with van der Waals surface area (Å²) in [6.07, 6.45) is 0. The van der Waals surface area contributed by atoms with Crippen LogP contribution in [0.3, 0.4) is 0 Å². The molecule has 0 aliphatic heterocycles. The first-order valence-corrected chi connectivity index (χ1v) is 5.82. The molecular weight excluding hydrogens is 228 g/mol. The lowest BCUT2D eigenvalue weighted by Crippen LogP contribution is -2.23. The van der Waals surface area contributed by atoms with E-state index < -0.39 is 11.6 Å². The van der Waals surface area contributed by atoms with Gasteiger partial charge < -0.3 is 9.84 Å². The zero-order valence-electron chi connectivity index (χ0n) is 10.7. The third-order valence-corrected chi connectivity index (χ3v) is 2.48. The number of hydrogen-bond acceptors (Lipinski definition) is 3. The van der Waals surface area contributed by atoms with Crippen LogP contribution in [0.4, 0.5) is 0 Å². The molecule has 0 saturated carbocycles. The Morgan fingerprint density at radius 2 is 1.67 bits per heavy atom. The van der Waals surface area contributed by atoms with Gasteiger partial charge in [-0.2, -0.15) is 0 Å². The quantitative estimate of drug-likeness (QED) is 0.781. The summed E-state index contributed by atoms with van der Waals surface area (Å²) in [7, 11) is 0. The number of fused-ring (bicyclic) bond motifs is 1. The molecule has 2 rings (SSSR count). The molecule has 3 nitrogen and oxygen atoms in total. The van der Waals surface area contributed by atoms with Gasteiger partial charge in [-0.15, -0.1) is 0 Å². The van der Waals surface area contributed by atoms with Gasteiger partial charge in [0, 0.05) is 0 Å². The maximum atomic E-state index is 11.9. The van der Waals surface area contributed by atoms with Gasteiger partial charge in [-0.05, 0) is 43.7 Å². The summed E-state index contributed by atoms with van der Waals surface area (Å²) < 4.78 is 5.25. The van der Waals surface area contributed by atoms with E-state index in [1.165, 1.54) is 0 Å². The summed E-state index contributed by atoms with van der Waals surface area (Å²) >= 11 is 0. The fraction of sp³-hybridized carbons (Fsp3) is 0.267. The zero-order chi connectivity index (χ0) is 13.3. The van der Waals surface area contributed by atoms with E-state index in [2.05, 4.69) is 0 Å². The minimum Gasteiger partial charge on any atom is -0.507 e. The van der Waals surface area contributed by atoms with E-state index >= 15 is 0 Å². The number of esters is 1. The van der Waals surface area contributed by atoms with Gasteiger partial charge in [0.25, 0.3) is 0 Å². The van der Waals surface area contributed by atoms with Crippen molar-refractivity contribution in [1.29, 1.82) is 0 Å². The number of benzene rings is 2. The fourth-order valence-electron chi connectivity index (χ4n) is 1.72. The molecule has 0 amide bonds. The number of phenols is 1. The van der Waals surface area contributed by atoms with Crippen LogP contribution in [0.25, 0.3) is 10.8 Å². The Bertz CT molecular complexity index is 594. The minimum atomic E-state index is -0.574. The number of phenolic OH excluding ortho intramolecular Hbond substituents is 1. The highest BCUT2D eigenvalue weighted by Gasteiger charge is 2.20. The van der Waals surface area contributed by atoms with Crippen LogP contribution in [0, 0.1) is 0 Å². The third kappa shape index (κ3) is 2.62. The van der Waals surface area contributed by atoms with Crippen LogP contribution in [0.15, 0.2) is 36.4 Å². The Morgan fingerprint density at radius 1 is 1.11 bits per heavy atom. The first-order valence-electron chi connectivity index (χ1n) is 5.82. The first kappa shape index (κ1) is 12.4. The average molecular weight is 244 g/mol. The molecule has 0 aromatic heterocycles. The Kier molecular flexibility index (Phi) is 2.99. The smallest absolute Gasteiger partial charge is 0.342 e. The summed E-state index contributed by atoms with van der Waals surface area (Å²) in [6.45, 7) is 5.38. The second-order valence-corrected chi connectivity index (χ2v) is 5.22. The summed E-state index contributed by atoms with van der Waals surface area (Å²) in [5.74, 6) is -0.561. The van der Waals surface area contributed by atoms with Gasteiger partial charge in [0.1, 0.15) is 16.9 Å². The van der Waals surface area contributed by atoms with E-state index in [0.717, 1.165) is 10.8 Å². The predicted octanol–water partition coefficient (Wildman–Crippen LogP) is 3.50. The van der Waals surface area contributed by atoms with Crippen LogP contribution in [0.1, 0.15) is 31.1 Å². The van der Waals surface area contributed by atoms with Gasteiger partial charge in [-0.3, -0.25) is 0 Å². The lowest BCUT2D eigenvalue weighted by Gasteiger charge is -2.20. The molecule has 2 aromatic carbocycles. The number of carbonyl (C=O) groups excluding carboxylic acids is 1. The van der Waals surface area contributed by atoms with E-state index in [1.54, 1.807) is 32.9 Å². The molecule has 2 aromatic rings.